The SMILES string of the molecule is Cc1ccccc1-n1ncc(C(=O)NCC2(N3CCOCC3)CCSC2)c1C(F)(F)F. The van der Waals surface area contributed by atoms with E-state index in [0.717, 1.165) is 41.9 Å². The third-order valence-corrected chi connectivity index (χ3v) is 7.20. The minimum absolute atomic E-state index is 0.255. The van der Waals surface area contributed by atoms with Crippen molar-refractivity contribution in [2.24, 2.45) is 0 Å². The Kier molecular flexibility index (Phi) is 6.32. The standard InChI is InChI=1S/C21H25F3N4O2S/c1-15-4-2-3-5-17(15)28-18(21(22,23)24)16(12-26-28)19(29)25-13-20(6-11-31-14-20)27-7-9-30-10-8-27/h2-5,12H,6-11,13-14H2,1H3,(H,25,29). The summed E-state index contributed by atoms with van der Waals surface area (Å²) in [6.45, 7) is 4.78. The summed E-state index contributed by atoms with van der Waals surface area (Å²) in [6.07, 6.45) is -2.83. The van der Waals surface area contributed by atoms with Crippen LogP contribution in [0.25, 0.3) is 5.69 Å². The number of aryl methyl sites for hydroxylation is 1. The molecule has 1 aromatic carbocycles. The molecule has 0 radical (unpaired) electrons. The molecule has 0 spiro atoms. The van der Waals surface area contributed by atoms with Gasteiger partial charge in [-0.15, -0.1) is 0 Å². The normalized spacial score (nSPS) is 22.6. The Labute approximate surface area is 183 Å². The Morgan fingerprint density at radius 3 is 2.68 bits per heavy atom. The molecule has 2 aliphatic rings. The number of hydrogen-bond donors (Lipinski definition) is 1. The van der Waals surface area contributed by atoms with Crippen LogP contribution in [0.4, 0.5) is 13.2 Å². The highest BCUT2D eigenvalue weighted by Gasteiger charge is 2.43. The Morgan fingerprint density at radius 2 is 2.03 bits per heavy atom. The maximum absolute atomic E-state index is 14.0. The van der Waals surface area contributed by atoms with Crippen molar-refractivity contribution in [2.45, 2.75) is 25.1 Å². The largest absolute Gasteiger partial charge is 0.434 e. The van der Waals surface area contributed by atoms with Gasteiger partial charge in [-0.05, 0) is 30.7 Å². The van der Waals surface area contributed by atoms with Gasteiger partial charge < -0.3 is 10.1 Å². The molecule has 0 bridgehead atoms. The Hall–Kier alpha value is -2.04. The second-order valence-corrected chi connectivity index (χ2v) is 9.02. The number of para-hydroxylation sites is 1. The fourth-order valence-corrected chi connectivity index (χ4v) is 5.72. The summed E-state index contributed by atoms with van der Waals surface area (Å²) in [7, 11) is 0. The number of carbonyl (C=O) groups excluding carboxylic acids is 1. The summed E-state index contributed by atoms with van der Waals surface area (Å²) in [6, 6.07) is 6.66. The second-order valence-electron chi connectivity index (χ2n) is 7.91. The van der Waals surface area contributed by atoms with Crippen LogP contribution in [-0.2, 0) is 10.9 Å². The van der Waals surface area contributed by atoms with E-state index in [4.69, 9.17) is 4.74 Å². The number of hydrogen-bond acceptors (Lipinski definition) is 5. The van der Waals surface area contributed by atoms with E-state index in [1.807, 2.05) is 0 Å². The van der Waals surface area contributed by atoms with Gasteiger partial charge in [0.25, 0.3) is 5.91 Å². The lowest BCUT2D eigenvalue weighted by atomic mass is 9.95. The molecule has 0 saturated carbocycles. The van der Waals surface area contributed by atoms with Crippen molar-refractivity contribution in [1.82, 2.24) is 20.0 Å². The zero-order chi connectivity index (χ0) is 22.1. The van der Waals surface area contributed by atoms with Crippen LogP contribution in [0.5, 0.6) is 0 Å². The fraction of sp³-hybridized carbons (Fsp3) is 0.524. The second kappa shape index (κ2) is 8.84. The minimum Gasteiger partial charge on any atom is -0.379 e. The van der Waals surface area contributed by atoms with Gasteiger partial charge in [0.2, 0.25) is 0 Å². The molecule has 3 heterocycles. The summed E-state index contributed by atoms with van der Waals surface area (Å²) in [4.78, 5) is 15.2. The zero-order valence-electron chi connectivity index (χ0n) is 17.2. The molecular weight excluding hydrogens is 429 g/mol. The predicted octanol–water partition coefficient (Wildman–Crippen LogP) is 3.14. The first-order valence-electron chi connectivity index (χ1n) is 10.2. The first-order chi connectivity index (χ1) is 14.8. The van der Waals surface area contributed by atoms with Gasteiger partial charge in [0, 0.05) is 30.9 Å². The van der Waals surface area contributed by atoms with Gasteiger partial charge in [0.1, 0.15) is 0 Å². The number of nitrogens with one attached hydrogen (secondary N) is 1. The van der Waals surface area contributed by atoms with Gasteiger partial charge in [-0.3, -0.25) is 9.69 Å². The summed E-state index contributed by atoms with van der Waals surface area (Å²) >= 11 is 1.80. The first-order valence-corrected chi connectivity index (χ1v) is 11.4. The minimum atomic E-state index is -4.73. The Balaban J connectivity index is 1.59. The van der Waals surface area contributed by atoms with Crippen LogP contribution in [0.1, 0.15) is 28.0 Å². The number of nitrogens with zero attached hydrogens (tertiary/aromatic N) is 3. The molecule has 1 amide bonds. The summed E-state index contributed by atoms with van der Waals surface area (Å²) < 4.78 is 48.1. The van der Waals surface area contributed by atoms with Crippen LogP contribution < -0.4 is 5.32 Å². The van der Waals surface area contributed by atoms with Gasteiger partial charge in [0.05, 0.1) is 30.7 Å². The number of alkyl halides is 3. The number of aromatic nitrogens is 2. The molecule has 2 saturated heterocycles. The summed E-state index contributed by atoms with van der Waals surface area (Å²) in [5, 5.41) is 6.71. The van der Waals surface area contributed by atoms with E-state index in [1.54, 1.807) is 43.0 Å². The van der Waals surface area contributed by atoms with Crippen molar-refractivity contribution in [1.29, 1.82) is 0 Å². The molecule has 2 fully saturated rings. The van der Waals surface area contributed by atoms with Crippen LogP contribution in [0.15, 0.2) is 30.5 Å². The van der Waals surface area contributed by atoms with E-state index in [1.165, 1.54) is 0 Å². The average Bonchev–Trinajstić information content (AvgIpc) is 3.41. The topological polar surface area (TPSA) is 59.4 Å². The van der Waals surface area contributed by atoms with Crippen molar-refractivity contribution < 1.29 is 22.7 Å². The molecule has 4 rings (SSSR count). The van der Waals surface area contributed by atoms with Crippen LogP contribution in [-0.4, -0.2) is 70.5 Å². The van der Waals surface area contributed by atoms with E-state index in [9.17, 15) is 18.0 Å². The molecule has 1 aromatic heterocycles. The van der Waals surface area contributed by atoms with Gasteiger partial charge in [-0.1, -0.05) is 18.2 Å². The zero-order valence-corrected chi connectivity index (χ0v) is 18.1. The maximum atomic E-state index is 14.0. The van der Waals surface area contributed by atoms with Gasteiger partial charge >= 0.3 is 6.18 Å². The number of carbonyl (C=O) groups is 1. The third kappa shape index (κ3) is 4.47. The smallest absolute Gasteiger partial charge is 0.379 e. The van der Waals surface area contributed by atoms with Crippen molar-refractivity contribution in [3.05, 3.63) is 47.3 Å². The van der Waals surface area contributed by atoms with Crippen molar-refractivity contribution >= 4 is 17.7 Å². The van der Waals surface area contributed by atoms with Crippen LogP contribution in [0, 0.1) is 6.92 Å². The third-order valence-electron chi connectivity index (χ3n) is 5.97. The highest BCUT2D eigenvalue weighted by atomic mass is 32.2. The Bertz CT molecular complexity index is 935. The molecule has 1 N–H and O–H groups in total. The number of ether oxygens (including phenoxy) is 1. The molecule has 2 aliphatic heterocycles. The van der Waals surface area contributed by atoms with Gasteiger partial charge in [-0.2, -0.15) is 30.0 Å². The predicted molar refractivity (Wildman–Crippen MR) is 113 cm³/mol. The molecule has 1 atom stereocenters. The van der Waals surface area contributed by atoms with E-state index in [0.29, 0.717) is 31.0 Å². The number of rotatable bonds is 5. The lowest BCUT2D eigenvalue weighted by Crippen LogP contribution is -2.59. The van der Waals surface area contributed by atoms with Crippen LogP contribution in [0.2, 0.25) is 0 Å². The molecule has 0 aliphatic carbocycles. The number of halogens is 3. The lowest BCUT2D eigenvalue weighted by molar-refractivity contribution is -0.143. The highest BCUT2D eigenvalue weighted by Crippen LogP contribution is 2.36. The van der Waals surface area contributed by atoms with E-state index in [-0.39, 0.29) is 5.54 Å². The average molecular weight is 455 g/mol. The molecule has 10 heteroatoms. The molecule has 6 nitrogen and oxygen atoms in total. The molecule has 2 aromatic rings. The lowest BCUT2D eigenvalue weighted by Gasteiger charge is -2.43. The van der Waals surface area contributed by atoms with Crippen molar-refractivity contribution in [3.63, 3.8) is 0 Å². The summed E-state index contributed by atoms with van der Waals surface area (Å²) in [5.41, 5.74) is -0.837. The number of morpholine rings is 1. The van der Waals surface area contributed by atoms with Crippen molar-refractivity contribution in [3.8, 4) is 5.69 Å². The quantitative estimate of drug-likeness (QED) is 0.752. The number of amides is 1. The van der Waals surface area contributed by atoms with Crippen LogP contribution >= 0.6 is 11.8 Å². The van der Waals surface area contributed by atoms with E-state index >= 15 is 0 Å². The van der Waals surface area contributed by atoms with Gasteiger partial charge in [0.15, 0.2) is 5.69 Å². The number of thioether (sulfide) groups is 1. The van der Waals surface area contributed by atoms with Gasteiger partial charge in [-0.25, -0.2) is 4.68 Å². The molecule has 31 heavy (non-hydrogen) atoms. The van der Waals surface area contributed by atoms with E-state index in [2.05, 4.69) is 15.3 Å². The fourth-order valence-electron chi connectivity index (χ4n) is 4.25. The number of benzene rings is 1. The summed E-state index contributed by atoms with van der Waals surface area (Å²) in [5.74, 6) is 1.05. The maximum Gasteiger partial charge on any atom is 0.434 e. The van der Waals surface area contributed by atoms with Crippen LogP contribution in [0.3, 0.4) is 0 Å². The van der Waals surface area contributed by atoms with E-state index < -0.39 is 23.3 Å². The molecular formula is C21H25F3N4O2S. The first kappa shape index (κ1) is 22.2. The molecule has 168 valence electrons. The van der Waals surface area contributed by atoms with Crippen molar-refractivity contribution in [2.75, 3.05) is 44.4 Å². The monoisotopic (exact) mass is 454 g/mol. The molecule has 1 unspecified atom stereocenters. The Morgan fingerprint density at radius 1 is 1.29 bits per heavy atom. The highest BCUT2D eigenvalue weighted by molar-refractivity contribution is 7.99.